The van der Waals surface area contributed by atoms with Gasteiger partial charge in [0, 0.05) is 32.0 Å². The van der Waals surface area contributed by atoms with Crippen LogP contribution >= 0.6 is 0 Å². The molecule has 2 fully saturated rings. The van der Waals surface area contributed by atoms with Gasteiger partial charge in [0.15, 0.2) is 0 Å². The van der Waals surface area contributed by atoms with E-state index in [1.54, 1.807) is 0 Å². The summed E-state index contributed by atoms with van der Waals surface area (Å²) >= 11 is 0. The van der Waals surface area contributed by atoms with Crippen molar-refractivity contribution in [2.75, 3.05) is 39.3 Å². The lowest BCUT2D eigenvalue weighted by molar-refractivity contribution is 0.113. The molecule has 22 heavy (non-hydrogen) atoms. The molecule has 1 unspecified atom stereocenters. The fourth-order valence-electron chi connectivity index (χ4n) is 3.95. The second-order valence-electron chi connectivity index (χ2n) is 7.40. The van der Waals surface area contributed by atoms with Crippen LogP contribution in [0.2, 0.25) is 0 Å². The van der Waals surface area contributed by atoms with Crippen LogP contribution in [0.25, 0.3) is 0 Å². The van der Waals surface area contributed by atoms with Gasteiger partial charge in [-0.3, -0.25) is 4.98 Å². The van der Waals surface area contributed by atoms with Gasteiger partial charge in [-0.2, -0.15) is 0 Å². The van der Waals surface area contributed by atoms with Crippen LogP contribution in [-0.4, -0.2) is 54.1 Å². The number of pyridine rings is 1. The molecule has 122 valence electrons. The summed E-state index contributed by atoms with van der Waals surface area (Å²) in [5.41, 5.74) is 1.37. The smallest absolute Gasteiger partial charge is 0.0300 e. The summed E-state index contributed by atoms with van der Waals surface area (Å²) in [4.78, 5) is 9.61. The molecular weight excluding hydrogens is 270 g/mol. The molecule has 0 radical (unpaired) electrons. The molecule has 3 rings (SSSR count). The minimum absolute atomic E-state index is 0.885. The Balaban J connectivity index is 1.41. The van der Waals surface area contributed by atoms with E-state index in [1.165, 1.54) is 70.5 Å². The quantitative estimate of drug-likeness (QED) is 0.833. The third-order valence-corrected chi connectivity index (χ3v) is 5.44. The molecule has 3 nitrogen and oxygen atoms in total. The van der Waals surface area contributed by atoms with Crippen LogP contribution in [0.15, 0.2) is 24.5 Å². The Kier molecular flexibility index (Phi) is 5.85. The maximum atomic E-state index is 4.22. The number of hydrogen-bond acceptors (Lipinski definition) is 3. The highest BCUT2D eigenvalue weighted by molar-refractivity contribution is 5.08. The third-order valence-electron chi connectivity index (χ3n) is 5.44. The Hall–Kier alpha value is -0.930. The minimum Gasteiger partial charge on any atom is -0.303 e. The van der Waals surface area contributed by atoms with Gasteiger partial charge in [-0.15, -0.1) is 0 Å². The Labute approximate surface area is 135 Å². The normalized spacial score (nSPS) is 25.4. The lowest BCUT2D eigenvalue weighted by atomic mass is 9.94. The number of likely N-dealkylation sites (tertiary alicyclic amines) is 2. The monoisotopic (exact) mass is 301 g/mol. The standard InChI is InChI=1S/C19H31N3/c1-17-6-11-22(12-7-17)16-19-5-3-10-21(15-19)13-8-18-4-2-9-20-14-18/h2,4,9,14,17,19H,3,5-8,10-13,15-16H2,1H3. The first-order chi connectivity index (χ1) is 10.8. The van der Waals surface area contributed by atoms with Gasteiger partial charge >= 0.3 is 0 Å². The van der Waals surface area contributed by atoms with E-state index in [-0.39, 0.29) is 0 Å². The van der Waals surface area contributed by atoms with Crippen molar-refractivity contribution in [3.8, 4) is 0 Å². The molecule has 1 atom stereocenters. The molecule has 2 aliphatic rings. The van der Waals surface area contributed by atoms with Gasteiger partial charge in [-0.05, 0) is 75.2 Å². The SMILES string of the molecule is CC1CCN(CC2CCCN(CCc3cccnc3)C2)CC1. The Morgan fingerprint density at radius 1 is 1.14 bits per heavy atom. The van der Waals surface area contributed by atoms with Crippen LogP contribution in [0.5, 0.6) is 0 Å². The summed E-state index contributed by atoms with van der Waals surface area (Å²) in [6.45, 7) is 10.2. The first-order valence-electron chi connectivity index (χ1n) is 9.13. The topological polar surface area (TPSA) is 19.4 Å². The van der Waals surface area contributed by atoms with Gasteiger partial charge < -0.3 is 9.80 Å². The van der Waals surface area contributed by atoms with E-state index in [0.29, 0.717) is 0 Å². The zero-order chi connectivity index (χ0) is 15.2. The van der Waals surface area contributed by atoms with Crippen molar-refractivity contribution in [1.82, 2.24) is 14.8 Å². The number of piperidine rings is 2. The van der Waals surface area contributed by atoms with Crippen molar-refractivity contribution < 1.29 is 0 Å². The highest BCUT2D eigenvalue weighted by Crippen LogP contribution is 2.22. The van der Waals surface area contributed by atoms with Gasteiger partial charge in [-0.25, -0.2) is 0 Å². The second-order valence-corrected chi connectivity index (χ2v) is 7.40. The third kappa shape index (κ3) is 4.79. The summed E-state index contributed by atoms with van der Waals surface area (Å²) in [7, 11) is 0. The maximum absolute atomic E-state index is 4.22. The van der Waals surface area contributed by atoms with E-state index in [4.69, 9.17) is 0 Å². The molecule has 1 aromatic heterocycles. The summed E-state index contributed by atoms with van der Waals surface area (Å²) in [5, 5.41) is 0. The van der Waals surface area contributed by atoms with E-state index in [0.717, 1.165) is 18.3 Å². The van der Waals surface area contributed by atoms with Crippen LogP contribution in [-0.2, 0) is 6.42 Å². The molecule has 3 heterocycles. The van der Waals surface area contributed by atoms with Gasteiger partial charge in [0.1, 0.15) is 0 Å². The first-order valence-corrected chi connectivity index (χ1v) is 9.13. The van der Waals surface area contributed by atoms with Crippen molar-refractivity contribution in [2.45, 2.75) is 39.0 Å². The molecule has 0 spiro atoms. The predicted molar refractivity (Wildman–Crippen MR) is 91.9 cm³/mol. The molecular formula is C19H31N3. The average Bonchev–Trinajstić information content (AvgIpc) is 2.57. The van der Waals surface area contributed by atoms with E-state index in [9.17, 15) is 0 Å². The van der Waals surface area contributed by atoms with Crippen LogP contribution in [0.3, 0.4) is 0 Å². The molecule has 2 saturated heterocycles. The Morgan fingerprint density at radius 2 is 2.00 bits per heavy atom. The van der Waals surface area contributed by atoms with Crippen LogP contribution < -0.4 is 0 Å². The van der Waals surface area contributed by atoms with Gasteiger partial charge in [0.2, 0.25) is 0 Å². The Morgan fingerprint density at radius 3 is 2.77 bits per heavy atom. The first kappa shape index (κ1) is 15.9. The highest BCUT2D eigenvalue weighted by atomic mass is 15.2. The van der Waals surface area contributed by atoms with Crippen molar-refractivity contribution in [3.63, 3.8) is 0 Å². The summed E-state index contributed by atoms with van der Waals surface area (Å²) in [6.07, 6.45) is 10.6. The number of rotatable bonds is 5. The molecule has 0 bridgehead atoms. The molecule has 2 aliphatic heterocycles. The van der Waals surface area contributed by atoms with E-state index in [1.807, 2.05) is 18.5 Å². The number of aromatic nitrogens is 1. The lowest BCUT2D eigenvalue weighted by Crippen LogP contribution is -2.43. The van der Waals surface area contributed by atoms with Crippen molar-refractivity contribution in [2.24, 2.45) is 11.8 Å². The highest BCUT2D eigenvalue weighted by Gasteiger charge is 2.23. The largest absolute Gasteiger partial charge is 0.303 e. The zero-order valence-corrected chi connectivity index (χ0v) is 14.1. The average molecular weight is 301 g/mol. The van der Waals surface area contributed by atoms with Gasteiger partial charge in [0.05, 0.1) is 0 Å². The van der Waals surface area contributed by atoms with Crippen molar-refractivity contribution in [1.29, 1.82) is 0 Å². The Bertz CT molecular complexity index is 426. The van der Waals surface area contributed by atoms with Gasteiger partial charge in [0.25, 0.3) is 0 Å². The van der Waals surface area contributed by atoms with Crippen molar-refractivity contribution >= 4 is 0 Å². The fourth-order valence-corrected chi connectivity index (χ4v) is 3.95. The fraction of sp³-hybridized carbons (Fsp3) is 0.737. The van der Waals surface area contributed by atoms with Crippen LogP contribution in [0, 0.1) is 11.8 Å². The minimum atomic E-state index is 0.885. The number of hydrogen-bond donors (Lipinski definition) is 0. The van der Waals surface area contributed by atoms with E-state index >= 15 is 0 Å². The molecule has 0 N–H and O–H groups in total. The maximum Gasteiger partial charge on any atom is 0.0300 e. The molecule has 3 heteroatoms. The summed E-state index contributed by atoms with van der Waals surface area (Å²) in [5.74, 6) is 1.83. The second kappa shape index (κ2) is 8.07. The van der Waals surface area contributed by atoms with E-state index < -0.39 is 0 Å². The summed E-state index contributed by atoms with van der Waals surface area (Å²) < 4.78 is 0. The predicted octanol–water partition coefficient (Wildman–Crippen LogP) is 3.07. The van der Waals surface area contributed by atoms with Crippen LogP contribution in [0.4, 0.5) is 0 Å². The molecule has 0 aliphatic carbocycles. The van der Waals surface area contributed by atoms with Gasteiger partial charge in [-0.1, -0.05) is 13.0 Å². The van der Waals surface area contributed by atoms with Crippen LogP contribution in [0.1, 0.15) is 38.2 Å². The molecule has 0 saturated carbocycles. The number of nitrogens with zero attached hydrogens (tertiary/aromatic N) is 3. The lowest BCUT2D eigenvalue weighted by Gasteiger charge is -2.37. The van der Waals surface area contributed by atoms with Crippen molar-refractivity contribution in [3.05, 3.63) is 30.1 Å². The van der Waals surface area contributed by atoms with E-state index in [2.05, 4.69) is 27.8 Å². The molecule has 0 aromatic carbocycles. The summed E-state index contributed by atoms with van der Waals surface area (Å²) in [6, 6.07) is 4.25. The zero-order valence-electron chi connectivity index (χ0n) is 14.1. The molecule has 0 amide bonds. The molecule has 1 aromatic rings.